The Kier molecular flexibility index (Phi) is 3.72. The van der Waals surface area contributed by atoms with Crippen molar-refractivity contribution in [3.05, 3.63) is 29.8 Å². The minimum Gasteiger partial charge on any atom is -0.343 e. The number of anilines is 1. The van der Waals surface area contributed by atoms with E-state index in [0.29, 0.717) is 5.56 Å². The highest BCUT2D eigenvalue weighted by Gasteiger charge is 2.31. The van der Waals surface area contributed by atoms with Gasteiger partial charge in [-0.15, -0.1) is 0 Å². The van der Waals surface area contributed by atoms with Gasteiger partial charge in [-0.25, -0.2) is 0 Å². The predicted octanol–water partition coefficient (Wildman–Crippen LogP) is 2.49. The van der Waals surface area contributed by atoms with E-state index in [9.17, 15) is 9.59 Å². The molecule has 2 aliphatic rings. The van der Waals surface area contributed by atoms with Crippen LogP contribution in [0.5, 0.6) is 0 Å². The van der Waals surface area contributed by atoms with E-state index in [1.54, 1.807) is 6.07 Å². The maximum absolute atomic E-state index is 12.4. The molecule has 0 atom stereocenters. The molecule has 0 unspecified atom stereocenters. The number of carbonyl (C=O) groups excluding carboxylic acids is 2. The van der Waals surface area contributed by atoms with Gasteiger partial charge in [-0.05, 0) is 25.0 Å². The summed E-state index contributed by atoms with van der Waals surface area (Å²) in [4.78, 5) is 26.4. The lowest BCUT2D eigenvalue weighted by Gasteiger charge is -2.31. The molecule has 1 saturated carbocycles. The van der Waals surface area contributed by atoms with Crippen molar-refractivity contribution >= 4 is 17.5 Å². The predicted molar refractivity (Wildman–Crippen MR) is 77.8 cm³/mol. The molecule has 1 aliphatic heterocycles. The van der Waals surface area contributed by atoms with Crippen LogP contribution in [-0.2, 0) is 4.79 Å². The van der Waals surface area contributed by atoms with Gasteiger partial charge in [0.1, 0.15) is 0 Å². The number of hydrogen-bond acceptors (Lipinski definition) is 2. The summed E-state index contributed by atoms with van der Waals surface area (Å²) in [6.07, 6.45) is 6.90. The third kappa shape index (κ3) is 2.42. The molecule has 1 N–H and O–H groups in total. The average molecular weight is 272 g/mol. The zero-order chi connectivity index (χ0) is 13.9. The molecule has 0 bridgehead atoms. The largest absolute Gasteiger partial charge is 0.343 e. The highest BCUT2D eigenvalue weighted by atomic mass is 16.2. The maximum atomic E-state index is 12.4. The molecule has 20 heavy (non-hydrogen) atoms. The van der Waals surface area contributed by atoms with Crippen molar-refractivity contribution in [1.29, 1.82) is 0 Å². The molecule has 1 heterocycles. The second-order valence-electron chi connectivity index (χ2n) is 5.61. The van der Waals surface area contributed by atoms with E-state index in [-0.39, 0.29) is 24.4 Å². The van der Waals surface area contributed by atoms with Gasteiger partial charge in [0.05, 0.1) is 17.8 Å². The molecule has 106 valence electrons. The topological polar surface area (TPSA) is 49.4 Å². The Morgan fingerprint density at radius 2 is 1.70 bits per heavy atom. The zero-order valence-corrected chi connectivity index (χ0v) is 11.6. The minimum atomic E-state index is -0.148. The number of amides is 2. The normalized spacial score (nSPS) is 20.9. The van der Waals surface area contributed by atoms with Crippen LogP contribution in [0.2, 0.25) is 0 Å². The van der Waals surface area contributed by atoms with Crippen molar-refractivity contribution in [2.75, 3.05) is 11.4 Å². The number of hydrogen-bond donors (Lipinski definition) is 1. The van der Waals surface area contributed by atoms with Crippen molar-refractivity contribution < 1.29 is 9.59 Å². The molecule has 0 saturated heterocycles. The lowest BCUT2D eigenvalue weighted by Crippen LogP contribution is -2.43. The summed E-state index contributed by atoms with van der Waals surface area (Å²) >= 11 is 0. The monoisotopic (exact) mass is 272 g/mol. The molecule has 1 fully saturated rings. The third-order valence-corrected chi connectivity index (χ3v) is 4.27. The van der Waals surface area contributed by atoms with E-state index < -0.39 is 0 Å². The van der Waals surface area contributed by atoms with Gasteiger partial charge < -0.3 is 10.2 Å². The van der Waals surface area contributed by atoms with Crippen molar-refractivity contribution in [3.8, 4) is 0 Å². The first-order chi connectivity index (χ1) is 9.77. The van der Waals surface area contributed by atoms with Gasteiger partial charge in [0.25, 0.3) is 5.91 Å². The van der Waals surface area contributed by atoms with Crippen LogP contribution in [0.3, 0.4) is 0 Å². The van der Waals surface area contributed by atoms with Gasteiger partial charge in [-0.3, -0.25) is 9.59 Å². The fourth-order valence-corrected chi connectivity index (χ4v) is 3.26. The first kappa shape index (κ1) is 13.2. The molecule has 4 heteroatoms. The zero-order valence-electron chi connectivity index (χ0n) is 11.6. The van der Waals surface area contributed by atoms with Crippen LogP contribution in [0.25, 0.3) is 0 Å². The quantitative estimate of drug-likeness (QED) is 0.798. The molecule has 0 spiro atoms. The van der Waals surface area contributed by atoms with Gasteiger partial charge in [0.2, 0.25) is 5.91 Å². The van der Waals surface area contributed by atoms with Crippen LogP contribution in [0.15, 0.2) is 24.3 Å². The van der Waals surface area contributed by atoms with Crippen molar-refractivity contribution in [3.63, 3.8) is 0 Å². The molecule has 1 aromatic rings. The summed E-state index contributed by atoms with van der Waals surface area (Å²) in [5.74, 6) is -0.139. The minimum absolute atomic E-state index is 0.00944. The lowest BCUT2D eigenvalue weighted by atomic mass is 10.0. The van der Waals surface area contributed by atoms with Crippen molar-refractivity contribution in [2.45, 2.75) is 44.6 Å². The van der Waals surface area contributed by atoms with Crippen LogP contribution in [0, 0.1) is 0 Å². The number of para-hydroxylation sites is 1. The molecule has 2 amide bonds. The van der Waals surface area contributed by atoms with Gasteiger partial charge >= 0.3 is 0 Å². The molecule has 0 aromatic heterocycles. The number of nitrogens with one attached hydrogen (secondary N) is 1. The standard InChI is InChI=1S/C16H20N2O2/c19-15-11-17-16(20)13-9-5-6-10-14(13)18(15)12-7-3-1-2-4-8-12/h5-6,9-10,12H,1-4,7-8,11H2,(H,17,20). The summed E-state index contributed by atoms with van der Waals surface area (Å²) in [6, 6.07) is 7.67. The number of nitrogens with zero attached hydrogens (tertiary/aromatic N) is 1. The Balaban J connectivity index is 2.00. The molecule has 4 nitrogen and oxygen atoms in total. The Morgan fingerprint density at radius 1 is 1.00 bits per heavy atom. The van der Waals surface area contributed by atoms with Gasteiger partial charge in [-0.1, -0.05) is 37.8 Å². The second kappa shape index (κ2) is 5.65. The Hall–Kier alpha value is -1.84. The van der Waals surface area contributed by atoms with E-state index in [1.807, 2.05) is 23.1 Å². The fourth-order valence-electron chi connectivity index (χ4n) is 3.26. The smallest absolute Gasteiger partial charge is 0.253 e. The molecule has 1 aromatic carbocycles. The van der Waals surface area contributed by atoms with Crippen molar-refractivity contribution in [1.82, 2.24) is 5.32 Å². The first-order valence-electron chi connectivity index (χ1n) is 7.46. The summed E-state index contributed by atoms with van der Waals surface area (Å²) in [7, 11) is 0. The molecule has 0 radical (unpaired) electrons. The van der Waals surface area contributed by atoms with Crippen LogP contribution in [0.1, 0.15) is 48.9 Å². The average Bonchev–Trinajstić information content (AvgIpc) is 2.79. The highest BCUT2D eigenvalue weighted by Crippen LogP contribution is 2.30. The summed E-state index contributed by atoms with van der Waals surface area (Å²) in [5, 5.41) is 2.71. The third-order valence-electron chi connectivity index (χ3n) is 4.27. The van der Waals surface area contributed by atoms with Gasteiger partial charge in [0.15, 0.2) is 0 Å². The maximum Gasteiger partial charge on any atom is 0.253 e. The molecular formula is C16H20N2O2. The van der Waals surface area contributed by atoms with Gasteiger partial charge in [0, 0.05) is 6.04 Å². The summed E-state index contributed by atoms with van der Waals surface area (Å²) in [6.45, 7) is 0.101. The highest BCUT2D eigenvalue weighted by molar-refractivity contribution is 6.09. The lowest BCUT2D eigenvalue weighted by molar-refractivity contribution is -0.118. The van der Waals surface area contributed by atoms with Crippen LogP contribution >= 0.6 is 0 Å². The van der Waals surface area contributed by atoms with E-state index in [4.69, 9.17) is 0 Å². The van der Waals surface area contributed by atoms with E-state index >= 15 is 0 Å². The SMILES string of the molecule is O=C1NCC(=O)N(C2CCCCCC2)c2ccccc21. The molecule has 1 aliphatic carbocycles. The number of benzene rings is 1. The number of fused-ring (bicyclic) bond motifs is 1. The van der Waals surface area contributed by atoms with Crippen molar-refractivity contribution in [2.24, 2.45) is 0 Å². The van der Waals surface area contributed by atoms with Gasteiger partial charge in [-0.2, -0.15) is 0 Å². The second-order valence-corrected chi connectivity index (χ2v) is 5.61. The fraction of sp³-hybridized carbons (Fsp3) is 0.500. The Labute approximate surface area is 119 Å². The Bertz CT molecular complexity index is 519. The first-order valence-corrected chi connectivity index (χ1v) is 7.46. The number of carbonyl (C=O) groups is 2. The Morgan fingerprint density at radius 3 is 2.45 bits per heavy atom. The molecule has 3 rings (SSSR count). The summed E-state index contributed by atoms with van der Waals surface area (Å²) < 4.78 is 0. The van der Waals surface area contributed by atoms with Crippen LogP contribution in [-0.4, -0.2) is 24.4 Å². The van der Waals surface area contributed by atoms with Crippen LogP contribution in [0.4, 0.5) is 5.69 Å². The number of rotatable bonds is 1. The molecular weight excluding hydrogens is 252 g/mol. The van der Waals surface area contributed by atoms with E-state index in [2.05, 4.69) is 5.32 Å². The summed E-state index contributed by atoms with van der Waals surface area (Å²) in [5.41, 5.74) is 1.39. The van der Waals surface area contributed by atoms with E-state index in [0.717, 1.165) is 31.4 Å². The van der Waals surface area contributed by atoms with E-state index in [1.165, 1.54) is 12.8 Å². The van der Waals surface area contributed by atoms with Crippen LogP contribution < -0.4 is 10.2 Å².